The van der Waals surface area contributed by atoms with Gasteiger partial charge in [-0.25, -0.2) is 5.84 Å². The molecule has 0 heterocycles. The molecule has 0 aromatic heterocycles. The zero-order valence-corrected chi connectivity index (χ0v) is 7.92. The van der Waals surface area contributed by atoms with Gasteiger partial charge in [0.15, 0.2) is 0 Å². The summed E-state index contributed by atoms with van der Waals surface area (Å²) in [6.45, 7) is 2.78. The molecule has 0 rings (SSSR count). The Morgan fingerprint density at radius 3 is 2.75 bits per heavy atom. The first-order chi connectivity index (χ1) is 5.74. The van der Waals surface area contributed by atoms with Gasteiger partial charge in [0.25, 0.3) is 0 Å². The van der Waals surface area contributed by atoms with E-state index >= 15 is 0 Å². The summed E-state index contributed by atoms with van der Waals surface area (Å²) in [5.74, 6) is 5.78. The lowest BCUT2D eigenvalue weighted by Gasteiger charge is -2.15. The summed E-state index contributed by atoms with van der Waals surface area (Å²) in [7, 11) is 3.36. The Bertz CT molecular complexity index is 137. The van der Waals surface area contributed by atoms with Gasteiger partial charge in [-0.1, -0.05) is 0 Å². The molecule has 0 saturated carbocycles. The van der Waals surface area contributed by atoms with Crippen LogP contribution in [0.3, 0.4) is 0 Å². The van der Waals surface area contributed by atoms with Crippen LogP contribution in [0.15, 0.2) is 4.99 Å². The number of hydrazine groups is 1. The average molecular weight is 174 g/mol. The highest BCUT2D eigenvalue weighted by molar-refractivity contribution is 5.79. The van der Waals surface area contributed by atoms with Gasteiger partial charge in [0.05, 0.1) is 0 Å². The van der Waals surface area contributed by atoms with E-state index in [9.17, 15) is 0 Å². The van der Waals surface area contributed by atoms with Crippen molar-refractivity contribution in [1.29, 1.82) is 0 Å². The Morgan fingerprint density at radius 2 is 2.33 bits per heavy atom. The fourth-order valence-electron chi connectivity index (χ4n) is 0.771. The highest BCUT2D eigenvalue weighted by Gasteiger charge is 2.02. The maximum absolute atomic E-state index is 5.19. The van der Waals surface area contributed by atoms with Crippen molar-refractivity contribution in [2.75, 3.05) is 20.8 Å². The second-order valence-corrected chi connectivity index (χ2v) is 2.54. The molecule has 0 aliphatic heterocycles. The lowest BCUT2D eigenvalue weighted by Crippen LogP contribution is -2.45. The van der Waals surface area contributed by atoms with Gasteiger partial charge in [-0.3, -0.25) is 10.4 Å². The number of nitrogens with two attached hydrogens (primary N) is 1. The van der Waals surface area contributed by atoms with Crippen LogP contribution < -0.4 is 16.6 Å². The zero-order valence-electron chi connectivity index (χ0n) is 7.92. The van der Waals surface area contributed by atoms with Gasteiger partial charge < -0.3 is 10.1 Å². The minimum absolute atomic E-state index is 0.305. The van der Waals surface area contributed by atoms with E-state index in [2.05, 4.69) is 15.7 Å². The third kappa shape index (κ3) is 4.92. The van der Waals surface area contributed by atoms with Gasteiger partial charge in [-0.05, 0) is 13.3 Å². The molecule has 0 amide bonds. The monoisotopic (exact) mass is 174 g/mol. The molecule has 1 unspecified atom stereocenters. The van der Waals surface area contributed by atoms with Crippen molar-refractivity contribution in [3.05, 3.63) is 0 Å². The van der Waals surface area contributed by atoms with Gasteiger partial charge in [-0.2, -0.15) is 0 Å². The summed E-state index contributed by atoms with van der Waals surface area (Å²) in [5.41, 5.74) is 2.46. The molecule has 0 aromatic carbocycles. The van der Waals surface area contributed by atoms with E-state index in [1.54, 1.807) is 14.2 Å². The molecule has 1 atom stereocenters. The quantitative estimate of drug-likeness (QED) is 0.231. The molecule has 4 N–H and O–H groups in total. The van der Waals surface area contributed by atoms with Crippen molar-refractivity contribution < 1.29 is 4.74 Å². The summed E-state index contributed by atoms with van der Waals surface area (Å²) in [4.78, 5) is 3.88. The molecular weight excluding hydrogens is 156 g/mol. The molecule has 0 fully saturated rings. The smallest absolute Gasteiger partial charge is 0.205 e. The molecule has 72 valence electrons. The van der Waals surface area contributed by atoms with E-state index in [0.717, 1.165) is 13.0 Å². The molecule has 0 aromatic rings. The first kappa shape index (κ1) is 11.2. The normalized spacial score (nSPS) is 14.2. The van der Waals surface area contributed by atoms with Crippen LogP contribution in [0.2, 0.25) is 0 Å². The highest BCUT2D eigenvalue weighted by atomic mass is 16.5. The van der Waals surface area contributed by atoms with Crippen molar-refractivity contribution in [3.8, 4) is 0 Å². The summed E-state index contributed by atoms with van der Waals surface area (Å²) < 4.78 is 4.93. The van der Waals surface area contributed by atoms with E-state index in [1.165, 1.54) is 0 Å². The average Bonchev–Trinajstić information content (AvgIpc) is 2.10. The van der Waals surface area contributed by atoms with Crippen molar-refractivity contribution in [3.63, 3.8) is 0 Å². The van der Waals surface area contributed by atoms with Crippen LogP contribution in [0.1, 0.15) is 13.3 Å². The van der Waals surface area contributed by atoms with Crippen LogP contribution in [0.25, 0.3) is 0 Å². The number of rotatable bonds is 4. The van der Waals surface area contributed by atoms with Gasteiger partial charge in [0.1, 0.15) is 0 Å². The molecule has 0 spiro atoms. The van der Waals surface area contributed by atoms with Crippen molar-refractivity contribution >= 4 is 5.96 Å². The minimum atomic E-state index is 0.305. The Hall–Kier alpha value is -0.810. The molecule has 0 bridgehead atoms. The molecule has 0 radical (unpaired) electrons. The van der Waals surface area contributed by atoms with Crippen molar-refractivity contribution in [2.24, 2.45) is 10.8 Å². The number of hydrogen-bond acceptors (Lipinski definition) is 3. The lowest BCUT2D eigenvalue weighted by molar-refractivity contribution is 0.187. The Labute approximate surface area is 73.3 Å². The largest absolute Gasteiger partial charge is 0.385 e. The summed E-state index contributed by atoms with van der Waals surface area (Å²) in [6, 6.07) is 0.305. The molecule has 5 heteroatoms. The number of nitrogens with zero attached hydrogens (tertiary/aromatic N) is 1. The number of aliphatic imine (C=N–C) groups is 1. The first-order valence-electron chi connectivity index (χ1n) is 3.93. The number of methoxy groups -OCH3 is 1. The SMILES string of the molecule is CN=C(NN)NC(C)CCOC. The maximum atomic E-state index is 5.19. The number of hydrogen-bond donors (Lipinski definition) is 3. The number of nitrogens with one attached hydrogen (secondary N) is 2. The fourth-order valence-corrected chi connectivity index (χ4v) is 0.771. The van der Waals surface area contributed by atoms with Crippen LogP contribution in [0, 0.1) is 0 Å². The predicted molar refractivity (Wildman–Crippen MR) is 49.8 cm³/mol. The Balaban J connectivity index is 3.59. The standard InChI is InChI=1S/C7H18N4O/c1-6(4-5-12-3)10-7(9-2)11-8/h6H,4-5,8H2,1-3H3,(H2,9,10,11). The summed E-state index contributed by atoms with van der Waals surface area (Å²) in [6.07, 6.45) is 0.928. The third-order valence-corrected chi connectivity index (χ3v) is 1.50. The topological polar surface area (TPSA) is 71.7 Å². The summed E-state index contributed by atoms with van der Waals surface area (Å²) >= 11 is 0. The van der Waals surface area contributed by atoms with Crippen molar-refractivity contribution in [2.45, 2.75) is 19.4 Å². The molecule has 0 aliphatic carbocycles. The van der Waals surface area contributed by atoms with Crippen LogP contribution in [0.4, 0.5) is 0 Å². The molecule has 0 saturated heterocycles. The molecular formula is C7H18N4O. The van der Waals surface area contributed by atoms with Gasteiger partial charge in [0.2, 0.25) is 5.96 Å². The first-order valence-corrected chi connectivity index (χ1v) is 3.93. The van der Waals surface area contributed by atoms with Gasteiger partial charge in [0, 0.05) is 26.8 Å². The number of guanidine groups is 1. The number of ether oxygens (including phenoxy) is 1. The van der Waals surface area contributed by atoms with Gasteiger partial charge >= 0.3 is 0 Å². The minimum Gasteiger partial charge on any atom is -0.385 e. The lowest BCUT2D eigenvalue weighted by atomic mass is 10.2. The second-order valence-electron chi connectivity index (χ2n) is 2.54. The van der Waals surface area contributed by atoms with Crippen LogP contribution in [-0.2, 0) is 4.74 Å². The maximum Gasteiger partial charge on any atom is 0.205 e. The van der Waals surface area contributed by atoms with Crippen LogP contribution in [-0.4, -0.2) is 32.8 Å². The second kappa shape index (κ2) is 6.87. The van der Waals surface area contributed by atoms with Crippen molar-refractivity contribution in [1.82, 2.24) is 10.7 Å². The van der Waals surface area contributed by atoms with E-state index in [0.29, 0.717) is 12.0 Å². The summed E-state index contributed by atoms with van der Waals surface area (Å²) in [5, 5.41) is 3.08. The zero-order chi connectivity index (χ0) is 9.40. The predicted octanol–water partition coefficient (Wildman–Crippen LogP) is -0.550. The Morgan fingerprint density at radius 1 is 1.67 bits per heavy atom. The van der Waals surface area contributed by atoms with Crippen LogP contribution in [0.5, 0.6) is 0 Å². The third-order valence-electron chi connectivity index (χ3n) is 1.50. The molecule has 0 aliphatic rings. The highest BCUT2D eigenvalue weighted by Crippen LogP contribution is 1.89. The molecule has 5 nitrogen and oxygen atoms in total. The molecule has 12 heavy (non-hydrogen) atoms. The van der Waals surface area contributed by atoms with E-state index in [4.69, 9.17) is 10.6 Å². The van der Waals surface area contributed by atoms with E-state index in [-0.39, 0.29) is 0 Å². The van der Waals surface area contributed by atoms with Gasteiger partial charge in [-0.15, -0.1) is 0 Å². The Kier molecular flexibility index (Phi) is 6.41. The van der Waals surface area contributed by atoms with E-state index in [1.807, 2.05) is 6.92 Å². The fraction of sp³-hybridized carbons (Fsp3) is 0.857. The van der Waals surface area contributed by atoms with E-state index < -0.39 is 0 Å². The van der Waals surface area contributed by atoms with Crippen LogP contribution >= 0.6 is 0 Å².